The predicted octanol–water partition coefficient (Wildman–Crippen LogP) is 3.67. The maximum absolute atomic E-state index is 12.6. The molecule has 2 rings (SSSR count). The molecule has 0 saturated carbocycles. The summed E-state index contributed by atoms with van der Waals surface area (Å²) in [4.78, 5) is 7.25. The topological polar surface area (TPSA) is 74.8 Å². The first kappa shape index (κ1) is 16.7. The maximum Gasteiger partial charge on any atom is 0.242 e. The summed E-state index contributed by atoms with van der Waals surface area (Å²) in [7, 11) is -3.65. The van der Waals surface area contributed by atoms with Crippen LogP contribution in [-0.4, -0.2) is 18.4 Å². The van der Waals surface area contributed by atoms with Crippen LogP contribution in [0, 0.1) is 6.92 Å². The van der Waals surface area contributed by atoms with Gasteiger partial charge in [-0.3, -0.25) is 0 Å². The summed E-state index contributed by atoms with van der Waals surface area (Å²) < 4.78 is 29.1. The number of hydrogen-bond donors (Lipinski definition) is 2. The van der Waals surface area contributed by atoms with E-state index < -0.39 is 16.1 Å². The number of H-pyrrole nitrogens is 1. The van der Waals surface area contributed by atoms with Crippen LogP contribution in [0.15, 0.2) is 38.4 Å². The predicted molar refractivity (Wildman–Crippen MR) is 88.5 cm³/mol. The van der Waals surface area contributed by atoms with Gasteiger partial charge in [-0.1, -0.05) is 22.9 Å². The van der Waals surface area contributed by atoms with E-state index in [-0.39, 0.29) is 4.90 Å². The monoisotopic (exact) mass is 435 g/mol. The first-order chi connectivity index (χ1) is 9.85. The fourth-order valence-electron chi connectivity index (χ4n) is 1.89. The Hall–Kier alpha value is -0.700. The number of aromatic amines is 1. The number of halogens is 2. The van der Waals surface area contributed by atoms with E-state index in [1.807, 2.05) is 13.8 Å². The molecule has 0 aliphatic carbocycles. The molecule has 0 saturated heterocycles. The van der Waals surface area contributed by atoms with Gasteiger partial charge in [0.2, 0.25) is 10.0 Å². The van der Waals surface area contributed by atoms with Gasteiger partial charge in [-0.2, -0.15) is 0 Å². The largest absolute Gasteiger partial charge is 0.347 e. The number of aromatic nitrogens is 2. The molecule has 0 aliphatic rings. The van der Waals surface area contributed by atoms with Crippen LogP contribution in [0.5, 0.6) is 0 Å². The Kier molecular flexibility index (Phi) is 5.24. The lowest BCUT2D eigenvalue weighted by molar-refractivity contribution is 0.539. The van der Waals surface area contributed by atoms with Crippen molar-refractivity contribution in [2.75, 3.05) is 0 Å². The molecule has 2 N–H and O–H groups in total. The van der Waals surface area contributed by atoms with E-state index in [1.54, 1.807) is 24.5 Å². The maximum atomic E-state index is 12.6. The second kappa shape index (κ2) is 6.60. The van der Waals surface area contributed by atoms with Crippen LogP contribution in [0.1, 0.15) is 30.8 Å². The van der Waals surface area contributed by atoms with Crippen molar-refractivity contribution in [2.45, 2.75) is 31.2 Å². The number of nitrogens with zero attached hydrogens (tertiary/aromatic N) is 1. The van der Waals surface area contributed by atoms with Crippen molar-refractivity contribution >= 4 is 41.9 Å². The van der Waals surface area contributed by atoms with E-state index in [2.05, 4.69) is 46.5 Å². The van der Waals surface area contributed by atoms with Crippen LogP contribution in [0.2, 0.25) is 0 Å². The Morgan fingerprint density at radius 2 is 2.05 bits per heavy atom. The average molecular weight is 437 g/mol. The minimum atomic E-state index is -3.65. The van der Waals surface area contributed by atoms with Gasteiger partial charge in [0.1, 0.15) is 5.82 Å². The molecule has 8 heteroatoms. The summed E-state index contributed by atoms with van der Waals surface area (Å²) in [5.74, 6) is 0.600. The van der Waals surface area contributed by atoms with Crippen LogP contribution in [-0.2, 0) is 10.0 Å². The first-order valence-corrected chi connectivity index (χ1v) is 9.39. The number of imidazole rings is 1. The Morgan fingerprint density at radius 1 is 1.33 bits per heavy atom. The second-order valence-electron chi connectivity index (χ2n) is 4.59. The molecule has 0 aliphatic heterocycles. The highest BCUT2D eigenvalue weighted by Gasteiger charge is 2.24. The molecule has 1 aromatic carbocycles. The molecule has 1 atom stereocenters. The zero-order valence-electron chi connectivity index (χ0n) is 11.5. The molecule has 5 nitrogen and oxygen atoms in total. The SMILES string of the molecule is CCC(NS(=O)(=O)c1cc(Br)c(C)cc1Br)c1ncc[nH]1. The quantitative estimate of drug-likeness (QED) is 0.750. The van der Waals surface area contributed by atoms with Crippen molar-refractivity contribution in [3.05, 3.63) is 44.9 Å². The Morgan fingerprint density at radius 3 is 2.62 bits per heavy atom. The summed E-state index contributed by atoms with van der Waals surface area (Å²) in [6, 6.07) is 2.97. The van der Waals surface area contributed by atoms with Crippen LogP contribution in [0.3, 0.4) is 0 Å². The van der Waals surface area contributed by atoms with Gasteiger partial charge in [0.15, 0.2) is 0 Å². The van der Waals surface area contributed by atoms with Gasteiger partial charge < -0.3 is 4.98 Å². The van der Waals surface area contributed by atoms with Gasteiger partial charge in [-0.05, 0) is 47.0 Å². The normalized spacial score (nSPS) is 13.3. The third kappa shape index (κ3) is 3.74. The molecule has 0 fully saturated rings. The molecule has 1 heterocycles. The van der Waals surface area contributed by atoms with Crippen LogP contribution in [0.4, 0.5) is 0 Å². The van der Waals surface area contributed by atoms with E-state index >= 15 is 0 Å². The highest BCUT2D eigenvalue weighted by molar-refractivity contribution is 9.11. The number of benzene rings is 1. The van der Waals surface area contributed by atoms with Gasteiger partial charge in [0, 0.05) is 21.3 Å². The van der Waals surface area contributed by atoms with Crippen LogP contribution < -0.4 is 4.72 Å². The molecule has 1 aromatic heterocycles. The van der Waals surface area contributed by atoms with Gasteiger partial charge >= 0.3 is 0 Å². The zero-order valence-corrected chi connectivity index (χ0v) is 15.5. The highest BCUT2D eigenvalue weighted by atomic mass is 79.9. The molecule has 1 unspecified atom stereocenters. The number of hydrogen-bond acceptors (Lipinski definition) is 3. The molecule has 0 radical (unpaired) electrons. The van der Waals surface area contributed by atoms with Gasteiger partial charge in [0.05, 0.1) is 10.9 Å². The fraction of sp³-hybridized carbons (Fsp3) is 0.308. The Labute approximate surface area is 140 Å². The van der Waals surface area contributed by atoms with E-state index in [0.717, 1.165) is 10.0 Å². The van der Waals surface area contributed by atoms with E-state index in [4.69, 9.17) is 0 Å². The Bertz CT molecular complexity index is 730. The summed E-state index contributed by atoms with van der Waals surface area (Å²) in [6.45, 7) is 3.80. The molecule has 0 bridgehead atoms. The Balaban J connectivity index is 2.36. The van der Waals surface area contributed by atoms with Gasteiger partial charge in [-0.25, -0.2) is 18.1 Å². The molecule has 0 amide bonds. The van der Waals surface area contributed by atoms with E-state index in [1.165, 1.54) is 0 Å². The highest BCUT2D eigenvalue weighted by Crippen LogP contribution is 2.29. The number of nitrogens with one attached hydrogen (secondary N) is 2. The lowest BCUT2D eigenvalue weighted by Crippen LogP contribution is -2.29. The number of sulfonamides is 1. The van der Waals surface area contributed by atoms with Crippen LogP contribution >= 0.6 is 31.9 Å². The van der Waals surface area contributed by atoms with E-state index in [0.29, 0.717) is 16.7 Å². The summed E-state index contributed by atoms with van der Waals surface area (Å²) in [6.07, 6.45) is 3.87. The lowest BCUT2D eigenvalue weighted by atomic mass is 10.2. The zero-order chi connectivity index (χ0) is 15.6. The molecular formula is C13H15Br2N3O2S. The second-order valence-corrected chi connectivity index (χ2v) is 7.98. The minimum Gasteiger partial charge on any atom is -0.347 e. The van der Waals surface area contributed by atoms with Crippen molar-refractivity contribution in [2.24, 2.45) is 0 Å². The van der Waals surface area contributed by atoms with Gasteiger partial charge in [-0.15, -0.1) is 0 Å². The lowest BCUT2D eigenvalue weighted by Gasteiger charge is -2.16. The van der Waals surface area contributed by atoms with Crippen LogP contribution in [0.25, 0.3) is 0 Å². The van der Waals surface area contributed by atoms with Crippen molar-refractivity contribution in [1.82, 2.24) is 14.7 Å². The molecule has 21 heavy (non-hydrogen) atoms. The van der Waals surface area contributed by atoms with Crippen molar-refractivity contribution in [3.63, 3.8) is 0 Å². The van der Waals surface area contributed by atoms with E-state index in [9.17, 15) is 8.42 Å². The molecule has 114 valence electrons. The first-order valence-electron chi connectivity index (χ1n) is 6.32. The third-order valence-electron chi connectivity index (χ3n) is 3.06. The summed E-state index contributed by atoms with van der Waals surface area (Å²) in [5.41, 5.74) is 0.957. The van der Waals surface area contributed by atoms with Crippen molar-refractivity contribution in [1.29, 1.82) is 0 Å². The van der Waals surface area contributed by atoms with Crippen molar-refractivity contribution in [3.8, 4) is 0 Å². The molecule has 0 spiro atoms. The van der Waals surface area contributed by atoms with Crippen molar-refractivity contribution < 1.29 is 8.42 Å². The molecular weight excluding hydrogens is 422 g/mol. The number of aryl methyl sites for hydroxylation is 1. The standard InChI is InChI=1S/C13H15Br2N3O2S/c1-3-11(13-16-4-5-17-13)18-21(19,20)12-7-9(14)8(2)6-10(12)15/h4-7,11,18H,3H2,1-2H3,(H,16,17). The average Bonchev–Trinajstić information content (AvgIpc) is 2.94. The molecule has 2 aromatic rings. The summed E-state index contributed by atoms with van der Waals surface area (Å²) >= 11 is 6.68. The summed E-state index contributed by atoms with van der Waals surface area (Å²) in [5, 5.41) is 0. The smallest absolute Gasteiger partial charge is 0.242 e. The van der Waals surface area contributed by atoms with Gasteiger partial charge in [0.25, 0.3) is 0 Å². The third-order valence-corrected chi connectivity index (χ3v) is 6.34. The number of rotatable bonds is 5. The fourth-order valence-corrected chi connectivity index (χ4v) is 4.85. The minimum absolute atomic E-state index is 0.199.